The van der Waals surface area contributed by atoms with E-state index in [0.717, 1.165) is 34.0 Å². The van der Waals surface area contributed by atoms with E-state index in [-0.39, 0.29) is 18.1 Å². The van der Waals surface area contributed by atoms with E-state index in [0.29, 0.717) is 5.56 Å². The van der Waals surface area contributed by atoms with Crippen molar-refractivity contribution in [1.82, 2.24) is 4.98 Å². The van der Waals surface area contributed by atoms with Crippen LogP contribution in [-0.2, 0) is 0 Å². The monoisotopic (exact) mass is 330 g/mol. The van der Waals surface area contributed by atoms with Crippen molar-refractivity contribution in [3.8, 4) is 6.07 Å². The second kappa shape index (κ2) is 6.12. The molecule has 1 aromatic heterocycles. The Balaban J connectivity index is 1.60. The zero-order valence-corrected chi connectivity index (χ0v) is 13.6. The van der Waals surface area contributed by atoms with E-state index in [4.69, 9.17) is 0 Å². The number of allylic oxidation sites excluding steroid dienone is 6. The molecule has 2 aromatic rings. The SMILES string of the molecule is N#Cc1c[nH]c2ccc(C3=CCC(C4=C(O)CC(O)C=C4)C=C3)cc12. The van der Waals surface area contributed by atoms with Gasteiger partial charge in [-0.05, 0) is 35.3 Å². The second-order valence-corrected chi connectivity index (χ2v) is 6.47. The summed E-state index contributed by atoms with van der Waals surface area (Å²) in [6.45, 7) is 0. The minimum absolute atomic E-state index is 0.123. The predicted octanol–water partition coefficient (Wildman–Crippen LogP) is 4.13. The number of hydrogen-bond donors (Lipinski definition) is 3. The molecular formula is C21H18N2O2. The van der Waals surface area contributed by atoms with Gasteiger partial charge in [-0.2, -0.15) is 5.26 Å². The summed E-state index contributed by atoms with van der Waals surface area (Å²) in [5.74, 6) is 0.395. The fourth-order valence-electron chi connectivity index (χ4n) is 3.49. The lowest BCUT2D eigenvalue weighted by molar-refractivity contribution is 0.197. The van der Waals surface area contributed by atoms with Crippen molar-refractivity contribution in [2.75, 3.05) is 0 Å². The fourth-order valence-corrected chi connectivity index (χ4v) is 3.49. The van der Waals surface area contributed by atoms with Crippen molar-refractivity contribution in [2.45, 2.75) is 18.9 Å². The lowest BCUT2D eigenvalue weighted by Gasteiger charge is -2.22. The molecule has 0 fully saturated rings. The van der Waals surface area contributed by atoms with Gasteiger partial charge in [0.05, 0.1) is 17.4 Å². The number of nitrogens with zero attached hydrogens (tertiary/aromatic N) is 1. The molecule has 2 aliphatic rings. The molecule has 0 spiro atoms. The van der Waals surface area contributed by atoms with Crippen LogP contribution in [-0.4, -0.2) is 21.3 Å². The number of aliphatic hydroxyl groups is 2. The number of nitrogens with one attached hydrogen (secondary N) is 1. The van der Waals surface area contributed by atoms with Crippen LogP contribution in [0.5, 0.6) is 0 Å². The summed E-state index contributed by atoms with van der Waals surface area (Å²) >= 11 is 0. The Morgan fingerprint density at radius 2 is 2.08 bits per heavy atom. The van der Waals surface area contributed by atoms with E-state index in [1.807, 2.05) is 24.3 Å². The van der Waals surface area contributed by atoms with Crippen LogP contribution < -0.4 is 0 Å². The summed E-state index contributed by atoms with van der Waals surface area (Å²) in [5.41, 5.74) is 4.68. The Hall–Kier alpha value is -3.03. The highest BCUT2D eigenvalue weighted by Gasteiger charge is 2.21. The van der Waals surface area contributed by atoms with Gasteiger partial charge in [-0.15, -0.1) is 0 Å². The van der Waals surface area contributed by atoms with Crippen molar-refractivity contribution in [3.63, 3.8) is 0 Å². The van der Waals surface area contributed by atoms with Crippen molar-refractivity contribution in [1.29, 1.82) is 5.26 Å². The van der Waals surface area contributed by atoms with Crippen LogP contribution in [0.2, 0.25) is 0 Å². The van der Waals surface area contributed by atoms with Gasteiger partial charge in [-0.3, -0.25) is 0 Å². The van der Waals surface area contributed by atoms with Gasteiger partial charge in [0.15, 0.2) is 0 Å². The van der Waals surface area contributed by atoms with E-state index < -0.39 is 6.10 Å². The van der Waals surface area contributed by atoms with E-state index in [9.17, 15) is 15.5 Å². The van der Waals surface area contributed by atoms with E-state index in [1.165, 1.54) is 0 Å². The van der Waals surface area contributed by atoms with Crippen LogP contribution in [0.4, 0.5) is 0 Å². The van der Waals surface area contributed by atoms with Gasteiger partial charge in [0, 0.05) is 29.4 Å². The van der Waals surface area contributed by atoms with Gasteiger partial charge in [-0.1, -0.05) is 36.4 Å². The highest BCUT2D eigenvalue weighted by Crippen LogP contribution is 2.33. The second-order valence-electron chi connectivity index (χ2n) is 6.47. The molecule has 2 atom stereocenters. The number of aromatic nitrogens is 1. The normalized spacial score (nSPS) is 23.0. The molecule has 0 saturated heterocycles. The van der Waals surface area contributed by atoms with Gasteiger partial charge >= 0.3 is 0 Å². The molecular weight excluding hydrogens is 312 g/mol. The minimum atomic E-state index is -0.593. The number of nitriles is 1. The first kappa shape index (κ1) is 15.5. The molecule has 25 heavy (non-hydrogen) atoms. The molecule has 4 heteroatoms. The first-order chi connectivity index (χ1) is 12.2. The smallest absolute Gasteiger partial charge is 0.101 e. The number of benzene rings is 1. The summed E-state index contributed by atoms with van der Waals surface area (Å²) in [7, 11) is 0. The average Bonchev–Trinajstić information content (AvgIpc) is 3.04. The average molecular weight is 330 g/mol. The third-order valence-electron chi connectivity index (χ3n) is 4.87. The van der Waals surface area contributed by atoms with E-state index in [1.54, 1.807) is 12.3 Å². The molecule has 2 aliphatic carbocycles. The summed E-state index contributed by atoms with van der Waals surface area (Å²) in [5, 5.41) is 29.8. The van der Waals surface area contributed by atoms with Crippen molar-refractivity contribution in [2.24, 2.45) is 5.92 Å². The molecule has 4 rings (SSSR count). The number of H-pyrrole nitrogens is 1. The van der Waals surface area contributed by atoms with Crippen LogP contribution in [0, 0.1) is 17.2 Å². The van der Waals surface area contributed by atoms with E-state index >= 15 is 0 Å². The molecule has 0 amide bonds. The Kier molecular flexibility index (Phi) is 3.79. The van der Waals surface area contributed by atoms with Crippen LogP contribution in [0.3, 0.4) is 0 Å². The predicted molar refractivity (Wildman–Crippen MR) is 97.7 cm³/mol. The number of rotatable bonds is 2. The lowest BCUT2D eigenvalue weighted by Crippen LogP contribution is -2.14. The minimum Gasteiger partial charge on any atom is -0.512 e. The molecule has 3 N–H and O–H groups in total. The molecule has 0 bridgehead atoms. The third kappa shape index (κ3) is 2.79. The van der Waals surface area contributed by atoms with Gasteiger partial charge in [-0.25, -0.2) is 0 Å². The summed E-state index contributed by atoms with van der Waals surface area (Å²) < 4.78 is 0. The van der Waals surface area contributed by atoms with E-state index in [2.05, 4.69) is 29.3 Å². The molecule has 1 aromatic carbocycles. The van der Waals surface area contributed by atoms with Gasteiger partial charge < -0.3 is 15.2 Å². The third-order valence-corrected chi connectivity index (χ3v) is 4.87. The van der Waals surface area contributed by atoms with Crippen LogP contribution >= 0.6 is 0 Å². The number of aliphatic hydroxyl groups excluding tert-OH is 2. The highest BCUT2D eigenvalue weighted by molar-refractivity contribution is 5.90. The highest BCUT2D eigenvalue weighted by atomic mass is 16.3. The maximum atomic E-state index is 10.1. The zero-order chi connectivity index (χ0) is 17.4. The van der Waals surface area contributed by atoms with Crippen molar-refractivity contribution >= 4 is 16.5 Å². The Labute approximate surface area is 145 Å². The first-order valence-electron chi connectivity index (χ1n) is 8.34. The Morgan fingerprint density at radius 3 is 2.80 bits per heavy atom. The van der Waals surface area contributed by atoms with Gasteiger partial charge in [0.25, 0.3) is 0 Å². The van der Waals surface area contributed by atoms with Crippen molar-refractivity contribution in [3.05, 3.63) is 77.2 Å². The summed E-state index contributed by atoms with van der Waals surface area (Å²) in [4.78, 5) is 3.11. The quantitative estimate of drug-likeness (QED) is 0.774. The van der Waals surface area contributed by atoms with Crippen LogP contribution in [0.15, 0.2) is 66.1 Å². The van der Waals surface area contributed by atoms with Gasteiger partial charge in [0.2, 0.25) is 0 Å². The first-order valence-corrected chi connectivity index (χ1v) is 8.34. The Bertz CT molecular complexity index is 999. The molecule has 0 aliphatic heterocycles. The molecule has 0 saturated carbocycles. The van der Waals surface area contributed by atoms with Gasteiger partial charge in [0.1, 0.15) is 6.07 Å². The summed E-state index contributed by atoms with van der Waals surface area (Å²) in [6, 6.07) is 8.28. The van der Waals surface area contributed by atoms with Crippen LogP contribution in [0.25, 0.3) is 16.5 Å². The topological polar surface area (TPSA) is 80.0 Å². The maximum absolute atomic E-state index is 10.1. The zero-order valence-electron chi connectivity index (χ0n) is 13.6. The fraction of sp³-hybridized carbons (Fsp3) is 0.190. The number of hydrogen-bond acceptors (Lipinski definition) is 3. The molecule has 4 nitrogen and oxygen atoms in total. The largest absolute Gasteiger partial charge is 0.512 e. The molecule has 0 radical (unpaired) electrons. The molecule has 1 heterocycles. The summed E-state index contributed by atoms with van der Waals surface area (Å²) in [6.07, 6.45) is 12.1. The maximum Gasteiger partial charge on any atom is 0.101 e. The lowest BCUT2D eigenvalue weighted by atomic mass is 9.84. The standard InChI is InChI=1S/C21H18N2O2/c22-11-16-12-23-20-8-5-15(9-19(16)20)13-1-3-14(4-2-13)18-7-6-17(24)10-21(18)25/h1-3,5-9,12,14,17,23-25H,4,10H2. The molecule has 2 unspecified atom stereocenters. The number of fused-ring (bicyclic) bond motifs is 1. The number of aromatic amines is 1. The van der Waals surface area contributed by atoms with Crippen LogP contribution in [0.1, 0.15) is 24.0 Å². The van der Waals surface area contributed by atoms with Crippen molar-refractivity contribution < 1.29 is 10.2 Å². The molecule has 124 valence electrons. The Morgan fingerprint density at radius 1 is 1.20 bits per heavy atom.